The molecule has 1 aliphatic carbocycles. The highest BCUT2D eigenvalue weighted by Gasteiger charge is 2.30. The molecule has 0 spiro atoms. The number of hydrazine groups is 1. The lowest BCUT2D eigenvalue weighted by atomic mass is 9.70. The van der Waals surface area contributed by atoms with Crippen molar-refractivity contribution in [2.75, 3.05) is 0 Å². The number of rotatable bonds is 5. The van der Waals surface area contributed by atoms with Gasteiger partial charge in [-0.05, 0) is 49.9 Å². The van der Waals surface area contributed by atoms with E-state index in [1.54, 1.807) is 0 Å². The molecule has 1 aliphatic rings. The van der Waals surface area contributed by atoms with E-state index in [2.05, 4.69) is 32.8 Å². The molecular weight excluding hydrogens is 196 g/mol. The number of nitrogens with two attached hydrogens (primary N) is 1. The smallest absolute Gasteiger partial charge is 0.0275 e. The van der Waals surface area contributed by atoms with Gasteiger partial charge < -0.3 is 0 Å². The van der Waals surface area contributed by atoms with Crippen molar-refractivity contribution in [3.8, 4) is 0 Å². The summed E-state index contributed by atoms with van der Waals surface area (Å²) in [5, 5.41) is 0. The third kappa shape index (κ3) is 3.91. The fourth-order valence-corrected chi connectivity index (χ4v) is 2.64. The van der Waals surface area contributed by atoms with Gasteiger partial charge in [-0.15, -0.1) is 0 Å². The molecule has 2 nitrogen and oxygen atoms in total. The topological polar surface area (TPSA) is 38.0 Å². The normalized spacial score (nSPS) is 23.0. The zero-order valence-corrected chi connectivity index (χ0v) is 11.2. The van der Waals surface area contributed by atoms with Crippen LogP contribution in [0.1, 0.15) is 59.3 Å². The maximum Gasteiger partial charge on any atom is 0.0275 e. The van der Waals surface area contributed by atoms with Crippen molar-refractivity contribution < 1.29 is 0 Å². The molecule has 2 heteroatoms. The zero-order valence-electron chi connectivity index (χ0n) is 11.2. The maximum atomic E-state index is 5.68. The van der Waals surface area contributed by atoms with Crippen molar-refractivity contribution >= 4 is 0 Å². The molecule has 0 aromatic rings. The standard InChI is InChI=1S/C14H28N2/c1-5-11(2)10-13(16-15)12-6-8-14(3,4)9-7-12/h12-13,16H,2,5-10,15H2,1,3-4H3. The van der Waals surface area contributed by atoms with E-state index in [1.165, 1.54) is 31.3 Å². The minimum Gasteiger partial charge on any atom is -0.271 e. The highest BCUT2D eigenvalue weighted by Crippen LogP contribution is 2.39. The lowest BCUT2D eigenvalue weighted by molar-refractivity contribution is 0.160. The van der Waals surface area contributed by atoms with E-state index in [1.807, 2.05) is 0 Å². The summed E-state index contributed by atoms with van der Waals surface area (Å²) in [4.78, 5) is 0. The van der Waals surface area contributed by atoms with Gasteiger partial charge in [0.1, 0.15) is 0 Å². The van der Waals surface area contributed by atoms with Gasteiger partial charge in [0.2, 0.25) is 0 Å². The summed E-state index contributed by atoms with van der Waals surface area (Å²) in [5.41, 5.74) is 4.86. The summed E-state index contributed by atoms with van der Waals surface area (Å²) < 4.78 is 0. The van der Waals surface area contributed by atoms with E-state index >= 15 is 0 Å². The van der Waals surface area contributed by atoms with Crippen LogP contribution in [0.3, 0.4) is 0 Å². The van der Waals surface area contributed by atoms with Gasteiger partial charge >= 0.3 is 0 Å². The Bertz CT molecular complexity index is 223. The van der Waals surface area contributed by atoms with Crippen molar-refractivity contribution in [1.82, 2.24) is 5.43 Å². The second kappa shape index (κ2) is 5.83. The first kappa shape index (κ1) is 13.7. The van der Waals surface area contributed by atoms with Crippen LogP contribution in [0, 0.1) is 11.3 Å². The minimum absolute atomic E-state index is 0.434. The Morgan fingerprint density at radius 3 is 2.44 bits per heavy atom. The summed E-state index contributed by atoms with van der Waals surface area (Å²) >= 11 is 0. The average Bonchev–Trinajstić information content (AvgIpc) is 2.26. The second-order valence-corrected chi connectivity index (χ2v) is 6.08. The van der Waals surface area contributed by atoms with Gasteiger partial charge in [-0.3, -0.25) is 11.3 Å². The Hall–Kier alpha value is -0.340. The number of hydrogen-bond acceptors (Lipinski definition) is 2. The first-order chi connectivity index (χ1) is 7.48. The van der Waals surface area contributed by atoms with Gasteiger partial charge in [-0.1, -0.05) is 32.9 Å². The minimum atomic E-state index is 0.434. The fourth-order valence-electron chi connectivity index (χ4n) is 2.64. The molecular formula is C14H28N2. The van der Waals surface area contributed by atoms with E-state index in [4.69, 9.17) is 5.84 Å². The molecule has 1 rings (SSSR count). The van der Waals surface area contributed by atoms with Gasteiger partial charge in [-0.2, -0.15) is 0 Å². The fraction of sp³-hybridized carbons (Fsp3) is 0.857. The quantitative estimate of drug-likeness (QED) is 0.427. The summed E-state index contributed by atoms with van der Waals surface area (Å²) in [6.45, 7) is 11.0. The van der Waals surface area contributed by atoms with Crippen molar-refractivity contribution in [2.45, 2.75) is 65.3 Å². The number of nitrogens with one attached hydrogen (secondary N) is 1. The lowest BCUT2D eigenvalue weighted by Crippen LogP contribution is -2.43. The van der Waals surface area contributed by atoms with Gasteiger partial charge in [0.15, 0.2) is 0 Å². The highest BCUT2D eigenvalue weighted by molar-refractivity contribution is 4.98. The Labute approximate surface area is 101 Å². The molecule has 1 saturated carbocycles. The lowest BCUT2D eigenvalue weighted by Gasteiger charge is -2.38. The van der Waals surface area contributed by atoms with E-state index < -0.39 is 0 Å². The maximum absolute atomic E-state index is 5.68. The molecule has 0 bridgehead atoms. The van der Waals surface area contributed by atoms with E-state index in [-0.39, 0.29) is 0 Å². The molecule has 16 heavy (non-hydrogen) atoms. The molecule has 94 valence electrons. The molecule has 0 aliphatic heterocycles. The van der Waals surface area contributed by atoms with Crippen molar-refractivity contribution in [3.05, 3.63) is 12.2 Å². The first-order valence-corrected chi connectivity index (χ1v) is 6.61. The molecule has 0 radical (unpaired) electrons. The monoisotopic (exact) mass is 224 g/mol. The van der Waals surface area contributed by atoms with E-state index in [0.29, 0.717) is 11.5 Å². The van der Waals surface area contributed by atoms with Gasteiger partial charge in [-0.25, -0.2) is 0 Å². The molecule has 0 aromatic heterocycles. The highest BCUT2D eigenvalue weighted by atomic mass is 15.2. The molecule has 1 fully saturated rings. The molecule has 0 aromatic carbocycles. The molecule has 0 amide bonds. The molecule has 0 heterocycles. The van der Waals surface area contributed by atoms with Crippen LogP contribution in [0.2, 0.25) is 0 Å². The largest absolute Gasteiger partial charge is 0.271 e. The second-order valence-electron chi connectivity index (χ2n) is 6.08. The van der Waals surface area contributed by atoms with Crippen LogP contribution in [-0.2, 0) is 0 Å². The third-order valence-electron chi connectivity index (χ3n) is 4.18. The van der Waals surface area contributed by atoms with Crippen molar-refractivity contribution in [1.29, 1.82) is 0 Å². The third-order valence-corrected chi connectivity index (χ3v) is 4.18. The van der Waals surface area contributed by atoms with E-state index in [0.717, 1.165) is 18.8 Å². The zero-order chi connectivity index (χ0) is 12.2. The number of hydrogen-bond donors (Lipinski definition) is 2. The van der Waals surface area contributed by atoms with Gasteiger partial charge in [0.25, 0.3) is 0 Å². The predicted octanol–water partition coefficient (Wildman–Crippen LogP) is 3.39. The van der Waals surface area contributed by atoms with Crippen LogP contribution < -0.4 is 11.3 Å². The summed E-state index contributed by atoms with van der Waals surface area (Å²) in [6, 6.07) is 0.434. The van der Waals surface area contributed by atoms with Crippen LogP contribution in [0.15, 0.2) is 12.2 Å². The SMILES string of the molecule is C=C(CC)CC(NN)C1CCC(C)(C)CC1. The summed E-state index contributed by atoms with van der Waals surface area (Å²) in [5.74, 6) is 6.42. The van der Waals surface area contributed by atoms with Crippen LogP contribution >= 0.6 is 0 Å². The average molecular weight is 224 g/mol. The summed E-state index contributed by atoms with van der Waals surface area (Å²) in [7, 11) is 0. The Morgan fingerprint density at radius 2 is 2.00 bits per heavy atom. The van der Waals surface area contributed by atoms with Crippen LogP contribution in [0.5, 0.6) is 0 Å². The van der Waals surface area contributed by atoms with Crippen molar-refractivity contribution in [2.24, 2.45) is 17.2 Å². The molecule has 1 unspecified atom stereocenters. The Morgan fingerprint density at radius 1 is 1.44 bits per heavy atom. The molecule has 1 atom stereocenters. The van der Waals surface area contributed by atoms with Crippen molar-refractivity contribution in [3.63, 3.8) is 0 Å². The van der Waals surface area contributed by atoms with Gasteiger partial charge in [0.05, 0.1) is 0 Å². The molecule has 0 saturated heterocycles. The first-order valence-electron chi connectivity index (χ1n) is 6.61. The summed E-state index contributed by atoms with van der Waals surface area (Å²) in [6.07, 6.45) is 7.37. The van der Waals surface area contributed by atoms with E-state index in [9.17, 15) is 0 Å². The van der Waals surface area contributed by atoms with Crippen LogP contribution in [0.4, 0.5) is 0 Å². The van der Waals surface area contributed by atoms with Crippen LogP contribution in [0.25, 0.3) is 0 Å². The Balaban J connectivity index is 2.46. The molecule has 3 N–H and O–H groups in total. The van der Waals surface area contributed by atoms with Gasteiger partial charge in [0, 0.05) is 6.04 Å². The van der Waals surface area contributed by atoms with Crippen LogP contribution in [-0.4, -0.2) is 6.04 Å². The predicted molar refractivity (Wildman–Crippen MR) is 70.9 cm³/mol. The Kier molecular flexibility index (Phi) is 5.00.